The third-order valence-electron chi connectivity index (χ3n) is 5.96. The van der Waals surface area contributed by atoms with Crippen LogP contribution in [0.4, 0.5) is 0 Å². The summed E-state index contributed by atoms with van der Waals surface area (Å²) in [5.74, 6) is 0.0760. The van der Waals surface area contributed by atoms with Crippen LogP contribution in [0.15, 0.2) is 35.1 Å². The second kappa shape index (κ2) is 9.89. The third kappa shape index (κ3) is 4.73. The van der Waals surface area contributed by atoms with Gasteiger partial charge in [-0.1, -0.05) is 18.2 Å². The maximum absolute atomic E-state index is 13.1. The summed E-state index contributed by atoms with van der Waals surface area (Å²) >= 11 is 0. The molecule has 160 valence electrons. The second-order valence-electron chi connectivity index (χ2n) is 8.09. The Labute approximate surface area is 177 Å². The smallest absolute Gasteiger partial charge is 0.273 e. The standard InChI is InChI=1S/C23H30N4O3/c28-22(24-11-8-14-26-12-6-7-13-26)20-21(30-17-25-20)18-9-2-3-10-19(18)23(29)27-15-4-1-5-16-27/h2-3,9-10,17H,1,4-8,11-16H2,(H,24,28). The molecule has 0 bridgehead atoms. The van der Waals surface area contributed by atoms with Gasteiger partial charge >= 0.3 is 0 Å². The van der Waals surface area contributed by atoms with Gasteiger partial charge in [0.2, 0.25) is 0 Å². The highest BCUT2D eigenvalue weighted by atomic mass is 16.3. The van der Waals surface area contributed by atoms with Crippen LogP contribution in [0.25, 0.3) is 11.3 Å². The predicted molar refractivity (Wildman–Crippen MR) is 114 cm³/mol. The van der Waals surface area contributed by atoms with Gasteiger partial charge in [0.25, 0.3) is 11.8 Å². The maximum atomic E-state index is 13.1. The van der Waals surface area contributed by atoms with E-state index < -0.39 is 0 Å². The Morgan fingerprint density at radius 3 is 2.53 bits per heavy atom. The summed E-state index contributed by atoms with van der Waals surface area (Å²) in [7, 11) is 0. The molecule has 0 unspecified atom stereocenters. The summed E-state index contributed by atoms with van der Waals surface area (Å²) in [6.45, 7) is 5.45. The summed E-state index contributed by atoms with van der Waals surface area (Å²) in [5, 5.41) is 2.95. The molecule has 7 nitrogen and oxygen atoms in total. The van der Waals surface area contributed by atoms with Crippen LogP contribution in [-0.2, 0) is 0 Å². The Morgan fingerprint density at radius 1 is 1.00 bits per heavy atom. The number of hydrogen-bond donors (Lipinski definition) is 1. The van der Waals surface area contributed by atoms with Crippen molar-refractivity contribution in [1.29, 1.82) is 0 Å². The molecule has 3 heterocycles. The number of benzene rings is 1. The molecule has 0 saturated carbocycles. The van der Waals surface area contributed by atoms with Crippen LogP contribution in [0.3, 0.4) is 0 Å². The van der Waals surface area contributed by atoms with Crippen LogP contribution in [0.5, 0.6) is 0 Å². The van der Waals surface area contributed by atoms with Crippen LogP contribution in [0, 0.1) is 0 Å². The molecule has 2 saturated heterocycles. The fraction of sp³-hybridized carbons (Fsp3) is 0.522. The topological polar surface area (TPSA) is 78.7 Å². The quantitative estimate of drug-likeness (QED) is 0.710. The molecule has 1 N–H and O–H groups in total. The Bertz CT molecular complexity index is 867. The van der Waals surface area contributed by atoms with Gasteiger partial charge < -0.3 is 19.5 Å². The van der Waals surface area contributed by atoms with Gasteiger partial charge in [0.1, 0.15) is 0 Å². The molecule has 0 spiro atoms. The Balaban J connectivity index is 1.44. The van der Waals surface area contributed by atoms with E-state index in [0.717, 1.165) is 58.4 Å². The summed E-state index contributed by atoms with van der Waals surface area (Å²) in [4.78, 5) is 34.3. The highest BCUT2D eigenvalue weighted by Gasteiger charge is 2.25. The van der Waals surface area contributed by atoms with Crippen LogP contribution in [-0.4, -0.2) is 65.9 Å². The van der Waals surface area contributed by atoms with Gasteiger partial charge in [-0.05, 0) is 64.2 Å². The largest absolute Gasteiger partial charge is 0.443 e. The molecule has 0 atom stereocenters. The first kappa shape index (κ1) is 20.6. The highest BCUT2D eigenvalue weighted by Crippen LogP contribution is 2.28. The van der Waals surface area contributed by atoms with Crippen molar-refractivity contribution in [3.8, 4) is 11.3 Å². The van der Waals surface area contributed by atoms with Crippen LogP contribution in [0.1, 0.15) is 59.4 Å². The van der Waals surface area contributed by atoms with E-state index in [2.05, 4.69) is 15.2 Å². The number of amides is 2. The summed E-state index contributed by atoms with van der Waals surface area (Å²) in [5.41, 5.74) is 1.40. The highest BCUT2D eigenvalue weighted by molar-refractivity contribution is 6.04. The molecule has 2 aromatic rings. The lowest BCUT2D eigenvalue weighted by Gasteiger charge is -2.27. The summed E-state index contributed by atoms with van der Waals surface area (Å²) in [6, 6.07) is 7.31. The minimum Gasteiger partial charge on any atom is -0.443 e. The minimum absolute atomic E-state index is 0.0151. The number of nitrogens with zero attached hydrogens (tertiary/aromatic N) is 3. The molecule has 0 aliphatic carbocycles. The number of oxazole rings is 1. The third-order valence-corrected chi connectivity index (χ3v) is 5.96. The summed E-state index contributed by atoms with van der Waals surface area (Å²) in [6.07, 6.45) is 7.94. The van der Waals surface area contributed by atoms with Crippen LogP contribution in [0.2, 0.25) is 0 Å². The predicted octanol–water partition coefficient (Wildman–Crippen LogP) is 3.18. The molecule has 2 amide bonds. The molecule has 4 rings (SSSR count). The first-order valence-electron chi connectivity index (χ1n) is 11.1. The lowest BCUT2D eigenvalue weighted by molar-refractivity contribution is 0.0724. The van der Waals surface area contributed by atoms with Gasteiger partial charge in [0.15, 0.2) is 17.8 Å². The molecule has 2 aliphatic rings. The van der Waals surface area contributed by atoms with Gasteiger partial charge in [0, 0.05) is 25.2 Å². The normalized spacial score (nSPS) is 17.3. The molecule has 7 heteroatoms. The number of carbonyl (C=O) groups is 2. The van der Waals surface area contributed by atoms with Crippen molar-refractivity contribution in [1.82, 2.24) is 20.1 Å². The Kier molecular flexibility index (Phi) is 6.79. The average Bonchev–Trinajstić information content (AvgIpc) is 3.49. The van der Waals surface area contributed by atoms with E-state index in [0.29, 0.717) is 23.4 Å². The summed E-state index contributed by atoms with van der Waals surface area (Å²) < 4.78 is 5.59. The maximum Gasteiger partial charge on any atom is 0.273 e. The Morgan fingerprint density at radius 2 is 1.73 bits per heavy atom. The van der Waals surface area contributed by atoms with Gasteiger partial charge in [0.05, 0.1) is 5.56 Å². The number of aromatic nitrogens is 1. The number of likely N-dealkylation sites (tertiary alicyclic amines) is 2. The zero-order valence-corrected chi connectivity index (χ0v) is 17.4. The first-order valence-corrected chi connectivity index (χ1v) is 11.1. The van der Waals surface area contributed by atoms with E-state index in [-0.39, 0.29) is 17.5 Å². The SMILES string of the molecule is O=C(NCCCN1CCCC1)c1ncoc1-c1ccccc1C(=O)N1CCCCC1. The van der Waals surface area contributed by atoms with Crippen LogP contribution < -0.4 is 5.32 Å². The molecule has 1 aromatic heterocycles. The fourth-order valence-corrected chi connectivity index (χ4v) is 4.33. The zero-order valence-electron chi connectivity index (χ0n) is 17.4. The number of nitrogens with one attached hydrogen (secondary N) is 1. The van der Waals surface area contributed by atoms with E-state index in [1.54, 1.807) is 6.07 Å². The molecular formula is C23H30N4O3. The average molecular weight is 411 g/mol. The van der Waals surface area contributed by atoms with Crippen LogP contribution >= 0.6 is 0 Å². The van der Waals surface area contributed by atoms with Crippen molar-refractivity contribution in [2.75, 3.05) is 39.3 Å². The number of piperidine rings is 1. The van der Waals surface area contributed by atoms with E-state index >= 15 is 0 Å². The van der Waals surface area contributed by atoms with Crippen molar-refractivity contribution in [2.45, 2.75) is 38.5 Å². The fourth-order valence-electron chi connectivity index (χ4n) is 4.33. The second-order valence-corrected chi connectivity index (χ2v) is 8.09. The molecule has 30 heavy (non-hydrogen) atoms. The molecular weight excluding hydrogens is 380 g/mol. The van der Waals surface area contributed by atoms with Gasteiger partial charge in [-0.2, -0.15) is 0 Å². The van der Waals surface area contributed by atoms with Crippen molar-refractivity contribution >= 4 is 11.8 Å². The molecule has 1 aromatic carbocycles. The lowest BCUT2D eigenvalue weighted by Crippen LogP contribution is -2.35. The lowest BCUT2D eigenvalue weighted by atomic mass is 10.0. The first-order chi connectivity index (χ1) is 14.7. The molecule has 2 aliphatic heterocycles. The van der Waals surface area contributed by atoms with Crippen molar-refractivity contribution in [3.63, 3.8) is 0 Å². The van der Waals surface area contributed by atoms with Crippen molar-refractivity contribution < 1.29 is 14.0 Å². The van der Waals surface area contributed by atoms with E-state index in [4.69, 9.17) is 4.42 Å². The van der Waals surface area contributed by atoms with E-state index in [1.165, 1.54) is 19.2 Å². The van der Waals surface area contributed by atoms with E-state index in [9.17, 15) is 9.59 Å². The van der Waals surface area contributed by atoms with E-state index in [1.807, 2.05) is 23.1 Å². The number of carbonyl (C=O) groups excluding carboxylic acids is 2. The van der Waals surface area contributed by atoms with Crippen molar-refractivity contribution in [3.05, 3.63) is 41.9 Å². The van der Waals surface area contributed by atoms with Gasteiger partial charge in [-0.15, -0.1) is 0 Å². The van der Waals surface area contributed by atoms with Gasteiger partial charge in [-0.25, -0.2) is 4.98 Å². The minimum atomic E-state index is -0.264. The number of hydrogen-bond acceptors (Lipinski definition) is 5. The Hall–Kier alpha value is -2.67. The van der Waals surface area contributed by atoms with Gasteiger partial charge in [-0.3, -0.25) is 9.59 Å². The monoisotopic (exact) mass is 410 g/mol. The molecule has 2 fully saturated rings. The number of rotatable bonds is 7. The molecule has 0 radical (unpaired) electrons. The zero-order chi connectivity index (χ0) is 20.8. The van der Waals surface area contributed by atoms with Crippen molar-refractivity contribution in [2.24, 2.45) is 0 Å².